The lowest BCUT2D eigenvalue weighted by Gasteiger charge is -2.07. The Morgan fingerprint density at radius 3 is 0.765 bits per heavy atom. The summed E-state index contributed by atoms with van der Waals surface area (Å²) in [5, 5.41) is 0. The quantitative estimate of drug-likeness (QED) is 0.280. The summed E-state index contributed by atoms with van der Waals surface area (Å²) in [6.07, 6.45) is 1.84. The molecule has 0 aliphatic carbocycles. The van der Waals surface area contributed by atoms with E-state index in [4.69, 9.17) is 22.9 Å². The monoisotopic (exact) mass is 452 g/mol. The zero-order valence-electron chi connectivity index (χ0n) is 20.7. The Hall–Kier alpha value is -3.92. The molecule has 4 nitrogen and oxygen atoms in total. The molecule has 0 heterocycles. The summed E-state index contributed by atoms with van der Waals surface area (Å²) < 4.78 is 0. The van der Waals surface area contributed by atoms with Crippen molar-refractivity contribution >= 4 is 22.7 Å². The van der Waals surface area contributed by atoms with E-state index in [2.05, 4.69) is 48.5 Å². The lowest BCUT2D eigenvalue weighted by atomic mass is 10.0. The number of benzene rings is 4. The highest BCUT2D eigenvalue weighted by molar-refractivity contribution is 5.52. The van der Waals surface area contributed by atoms with E-state index in [9.17, 15) is 0 Å². The smallest absolute Gasteiger partial charge is 0.0343 e. The molecule has 0 atom stereocenters. The number of anilines is 4. The molecule has 0 aliphatic heterocycles. The molecule has 0 amide bonds. The molecule has 4 aromatic carbocycles. The number of nitrogens with two attached hydrogens (primary N) is 4. The first-order chi connectivity index (χ1) is 16.1. The zero-order valence-corrected chi connectivity index (χ0v) is 20.7. The molecule has 4 heteroatoms. The van der Waals surface area contributed by atoms with Crippen LogP contribution in [0.4, 0.5) is 22.7 Å². The second-order valence-corrected chi connectivity index (χ2v) is 9.12. The van der Waals surface area contributed by atoms with Crippen molar-refractivity contribution in [1.82, 2.24) is 0 Å². The van der Waals surface area contributed by atoms with Gasteiger partial charge in [0.25, 0.3) is 0 Å². The van der Waals surface area contributed by atoms with Crippen LogP contribution in [0.5, 0.6) is 0 Å². The van der Waals surface area contributed by atoms with Gasteiger partial charge in [-0.25, -0.2) is 0 Å². The molecule has 0 spiro atoms. The molecule has 4 rings (SSSR count). The Bertz CT molecular complexity index is 1090. The molecular formula is C30H36N4. The van der Waals surface area contributed by atoms with Crippen LogP contribution in [-0.4, -0.2) is 0 Å². The fourth-order valence-electron chi connectivity index (χ4n) is 3.86. The normalized spacial score (nSPS) is 10.5. The zero-order chi connectivity index (χ0) is 24.8. The maximum atomic E-state index is 5.81. The summed E-state index contributed by atoms with van der Waals surface area (Å²) in [5.41, 5.74) is 36.3. The van der Waals surface area contributed by atoms with E-state index in [1.807, 2.05) is 52.0 Å². The second kappa shape index (κ2) is 10.8. The topological polar surface area (TPSA) is 104 Å². The Labute approximate surface area is 203 Å². The number of aryl methyl sites for hydroxylation is 4. The van der Waals surface area contributed by atoms with E-state index >= 15 is 0 Å². The summed E-state index contributed by atoms with van der Waals surface area (Å²) in [6.45, 7) is 8.14. The maximum Gasteiger partial charge on any atom is 0.0343 e. The first-order valence-corrected chi connectivity index (χ1v) is 11.5. The van der Waals surface area contributed by atoms with Gasteiger partial charge in [-0.15, -0.1) is 0 Å². The van der Waals surface area contributed by atoms with Gasteiger partial charge in [-0.3, -0.25) is 0 Å². The van der Waals surface area contributed by atoms with Crippen LogP contribution in [0.2, 0.25) is 0 Å². The average molecular weight is 453 g/mol. The number of rotatable bonds is 4. The third kappa shape index (κ3) is 6.55. The third-order valence-electron chi connectivity index (χ3n) is 6.15. The molecule has 0 saturated heterocycles. The maximum absolute atomic E-state index is 5.81. The van der Waals surface area contributed by atoms with Crippen LogP contribution in [-0.2, 0) is 12.8 Å². The predicted octanol–water partition coefficient (Wildman–Crippen LogP) is 6.12. The first-order valence-electron chi connectivity index (χ1n) is 11.5. The molecule has 0 aromatic heterocycles. The molecule has 0 saturated carbocycles. The number of nitrogen functional groups attached to an aromatic ring is 4. The molecule has 0 unspecified atom stereocenters. The van der Waals surface area contributed by atoms with Gasteiger partial charge in [-0.2, -0.15) is 0 Å². The van der Waals surface area contributed by atoms with Crippen molar-refractivity contribution in [3.8, 4) is 0 Å². The van der Waals surface area contributed by atoms with Gasteiger partial charge in [-0.1, -0.05) is 48.5 Å². The molecule has 0 bridgehead atoms. The van der Waals surface area contributed by atoms with Crippen molar-refractivity contribution < 1.29 is 0 Å². The van der Waals surface area contributed by atoms with E-state index < -0.39 is 0 Å². The predicted molar refractivity (Wildman–Crippen MR) is 148 cm³/mol. The van der Waals surface area contributed by atoms with Gasteiger partial charge < -0.3 is 22.9 Å². The van der Waals surface area contributed by atoms with E-state index in [0.717, 1.165) is 57.8 Å². The minimum Gasteiger partial charge on any atom is -0.399 e. The van der Waals surface area contributed by atoms with Crippen LogP contribution in [0.3, 0.4) is 0 Å². The van der Waals surface area contributed by atoms with Crippen molar-refractivity contribution in [3.05, 3.63) is 117 Å². The summed E-state index contributed by atoms with van der Waals surface area (Å²) in [4.78, 5) is 0. The van der Waals surface area contributed by atoms with Crippen molar-refractivity contribution in [3.63, 3.8) is 0 Å². The second-order valence-electron chi connectivity index (χ2n) is 9.12. The molecular weight excluding hydrogens is 416 g/mol. The molecule has 176 valence electrons. The largest absolute Gasteiger partial charge is 0.399 e. The van der Waals surface area contributed by atoms with Crippen LogP contribution >= 0.6 is 0 Å². The molecule has 8 N–H and O–H groups in total. The van der Waals surface area contributed by atoms with Crippen molar-refractivity contribution in [2.45, 2.75) is 40.5 Å². The molecule has 34 heavy (non-hydrogen) atoms. The fraction of sp³-hybridized carbons (Fsp3) is 0.200. The van der Waals surface area contributed by atoms with Crippen LogP contribution in [0.25, 0.3) is 0 Å². The van der Waals surface area contributed by atoms with E-state index in [0.29, 0.717) is 0 Å². The highest BCUT2D eigenvalue weighted by Gasteiger charge is 2.02. The summed E-state index contributed by atoms with van der Waals surface area (Å²) in [6, 6.07) is 24.7. The van der Waals surface area contributed by atoms with Gasteiger partial charge in [0.1, 0.15) is 0 Å². The summed E-state index contributed by atoms with van der Waals surface area (Å²) in [5.74, 6) is 0. The van der Waals surface area contributed by atoms with Crippen LogP contribution in [0, 0.1) is 27.7 Å². The highest BCUT2D eigenvalue weighted by atomic mass is 14.6. The van der Waals surface area contributed by atoms with Crippen LogP contribution in [0.15, 0.2) is 72.8 Å². The van der Waals surface area contributed by atoms with Gasteiger partial charge in [0.05, 0.1) is 0 Å². The molecule has 0 radical (unpaired) electrons. The third-order valence-corrected chi connectivity index (χ3v) is 6.15. The fourth-order valence-corrected chi connectivity index (χ4v) is 3.86. The minimum atomic E-state index is 0.849. The average Bonchev–Trinajstić information content (AvgIpc) is 2.79. The highest BCUT2D eigenvalue weighted by Crippen LogP contribution is 2.20. The standard InChI is InChI=1S/2C15H18N2/c2*1-10-7-12(3-5-14(10)16)9-13-4-6-15(17)11(2)8-13/h2*3-8H,9,16-17H2,1-2H3. The van der Waals surface area contributed by atoms with Gasteiger partial charge in [0.15, 0.2) is 0 Å². The van der Waals surface area contributed by atoms with Gasteiger partial charge in [0.2, 0.25) is 0 Å². The molecule has 0 fully saturated rings. The van der Waals surface area contributed by atoms with Crippen molar-refractivity contribution in [2.75, 3.05) is 22.9 Å². The Morgan fingerprint density at radius 1 is 0.382 bits per heavy atom. The first kappa shape index (κ1) is 24.7. The van der Waals surface area contributed by atoms with E-state index in [-0.39, 0.29) is 0 Å². The van der Waals surface area contributed by atoms with Gasteiger partial charge in [0, 0.05) is 22.7 Å². The van der Waals surface area contributed by atoms with Gasteiger partial charge >= 0.3 is 0 Å². The summed E-state index contributed by atoms with van der Waals surface area (Å²) >= 11 is 0. The Morgan fingerprint density at radius 2 is 0.588 bits per heavy atom. The molecule has 4 aromatic rings. The number of hydrogen-bond acceptors (Lipinski definition) is 4. The lowest BCUT2D eigenvalue weighted by Crippen LogP contribution is -1.95. The van der Waals surface area contributed by atoms with Crippen LogP contribution in [0.1, 0.15) is 44.5 Å². The minimum absolute atomic E-state index is 0.849. The van der Waals surface area contributed by atoms with E-state index in [1.54, 1.807) is 0 Å². The molecule has 0 aliphatic rings. The summed E-state index contributed by atoms with van der Waals surface area (Å²) in [7, 11) is 0. The van der Waals surface area contributed by atoms with Crippen LogP contribution < -0.4 is 22.9 Å². The van der Waals surface area contributed by atoms with E-state index in [1.165, 1.54) is 22.3 Å². The van der Waals surface area contributed by atoms with Crippen molar-refractivity contribution in [1.29, 1.82) is 0 Å². The Balaban J connectivity index is 0.000000191. The lowest BCUT2D eigenvalue weighted by molar-refractivity contribution is 1.17. The number of hydrogen-bond donors (Lipinski definition) is 4. The van der Waals surface area contributed by atoms with Crippen molar-refractivity contribution in [2.24, 2.45) is 0 Å². The SMILES string of the molecule is Cc1cc(Cc2ccc(N)c(C)c2)ccc1N.Cc1cc(Cc2ccc(N)c(C)c2)ccc1N. The Kier molecular flexibility index (Phi) is 7.85. The van der Waals surface area contributed by atoms with Gasteiger partial charge in [-0.05, 0) is 109 Å².